The van der Waals surface area contributed by atoms with Crippen LogP contribution < -0.4 is 0 Å². The zero-order valence-electron chi connectivity index (χ0n) is 37.1. The second-order valence-corrected chi connectivity index (χ2v) is 48.2. The van der Waals surface area contributed by atoms with E-state index < -0.39 is 13.9 Å². The molecule has 3 nitrogen and oxygen atoms in total. The van der Waals surface area contributed by atoms with Gasteiger partial charge >= 0.3 is 49.6 Å². The van der Waals surface area contributed by atoms with Crippen LogP contribution in [0.3, 0.4) is 0 Å². The van der Waals surface area contributed by atoms with Crippen molar-refractivity contribution in [3.05, 3.63) is 58.1 Å². The molecule has 0 bridgehead atoms. The fraction of sp³-hybridized carbons (Fsp3) is 0.711. The van der Waals surface area contributed by atoms with Crippen molar-refractivity contribution in [2.75, 3.05) is 0 Å². The van der Waals surface area contributed by atoms with Crippen molar-refractivity contribution in [1.82, 2.24) is 0 Å². The van der Waals surface area contributed by atoms with Gasteiger partial charge in [-0.2, -0.15) is 0 Å². The van der Waals surface area contributed by atoms with Crippen LogP contribution in [-0.4, -0.2) is 30.4 Å². The Kier molecular flexibility index (Phi) is 18.4. The predicted octanol–water partition coefficient (Wildman–Crippen LogP) is 15.8. The average Bonchev–Trinajstić information content (AvgIpc) is 2.82. The summed E-state index contributed by atoms with van der Waals surface area (Å²) in [6, 6.07) is 10.2. The Morgan fingerprint density at radius 2 is 0.792 bits per heavy atom. The van der Waals surface area contributed by atoms with Crippen LogP contribution in [0.4, 0.5) is 0 Å². The first-order chi connectivity index (χ1) is 23.0. The molecule has 2 aromatic rings. The number of rotatable bonds is 9. The van der Waals surface area contributed by atoms with Crippen molar-refractivity contribution < 1.29 is 15.0 Å². The van der Waals surface area contributed by atoms with Gasteiger partial charge in [0.1, 0.15) is 11.5 Å². The number of halogens is 4. The minimum absolute atomic E-state index is 0.0455. The monoisotopic (exact) mass is 924 g/mol. The number of aromatic hydroxyl groups is 2. The Bertz CT molecular complexity index is 1480. The summed E-state index contributed by atoms with van der Waals surface area (Å²) in [4.78, 5) is 11.6. The Labute approximate surface area is 345 Å². The molecular formula is C45H76Cl4O3Sn. The molecule has 53 heavy (non-hydrogen) atoms. The molecule has 2 rings (SSSR count). The predicted molar refractivity (Wildman–Crippen MR) is 239 cm³/mol. The van der Waals surface area contributed by atoms with E-state index >= 15 is 0 Å². The van der Waals surface area contributed by atoms with Gasteiger partial charge in [-0.15, -0.1) is 0 Å². The van der Waals surface area contributed by atoms with Gasteiger partial charge in [-0.25, -0.2) is 0 Å². The van der Waals surface area contributed by atoms with Gasteiger partial charge in [-0.1, -0.05) is 157 Å². The van der Waals surface area contributed by atoms with Gasteiger partial charge in [-0.05, 0) is 97.8 Å². The van der Waals surface area contributed by atoms with Crippen LogP contribution in [0.2, 0.25) is 0 Å². The van der Waals surface area contributed by atoms with Crippen molar-refractivity contribution in [2.24, 2.45) is 21.7 Å². The summed E-state index contributed by atoms with van der Waals surface area (Å²) in [6.45, 7) is 44.9. The third kappa shape index (κ3) is 20.6. The van der Waals surface area contributed by atoms with E-state index in [-0.39, 0.29) is 49.1 Å². The summed E-state index contributed by atoms with van der Waals surface area (Å²) in [5, 5.41) is 21.2. The average molecular weight is 926 g/mol. The first-order valence-corrected chi connectivity index (χ1v) is 33.4. The summed E-state index contributed by atoms with van der Waals surface area (Å²) in [6.07, 6.45) is 4.86. The maximum atomic E-state index is 11.6. The molecule has 0 saturated heterocycles. The molecule has 0 spiro atoms. The molecule has 8 heteroatoms. The fourth-order valence-electron chi connectivity index (χ4n) is 8.85. The van der Waals surface area contributed by atoms with Crippen LogP contribution in [0.15, 0.2) is 30.3 Å². The molecular weight excluding hydrogens is 849 g/mol. The summed E-state index contributed by atoms with van der Waals surface area (Å²) in [7, 11) is 20.1. The van der Waals surface area contributed by atoms with Gasteiger partial charge in [-0.3, -0.25) is 4.79 Å². The molecule has 0 heterocycles. The quantitative estimate of drug-likeness (QED) is 0.195. The van der Waals surface area contributed by atoms with Crippen LogP contribution in [0.5, 0.6) is 11.5 Å². The second-order valence-electron chi connectivity index (χ2n) is 22.7. The molecule has 306 valence electrons. The number of phenolic OH excluding ortho intramolecular Hbond substituents is 2. The van der Waals surface area contributed by atoms with Crippen LogP contribution in [-0.2, 0) is 21.7 Å². The molecule has 0 aliphatic carbocycles. The SMILES string of the molecule is CC(C)(C)CC(C)(C)c1cc(C=O)c(O)c(C(C)(C)CC(C)(C)C)c1.CC(C)(C)CC(C)(C)c1ccc(O)c(C(C)(C)CC(C)(C)C)c1.[Cl][Sn]([Cl])([Cl])[Cl]. The third-order valence-corrected chi connectivity index (χ3v) is 9.17. The number of phenols is 2. The Morgan fingerprint density at radius 1 is 0.491 bits per heavy atom. The van der Waals surface area contributed by atoms with E-state index in [1.54, 1.807) is 0 Å². The van der Waals surface area contributed by atoms with Crippen LogP contribution in [0.1, 0.15) is 197 Å². The van der Waals surface area contributed by atoms with Gasteiger partial charge in [0.25, 0.3) is 0 Å². The van der Waals surface area contributed by atoms with Gasteiger partial charge < -0.3 is 10.2 Å². The number of aldehydes is 1. The molecule has 0 fully saturated rings. The number of benzene rings is 2. The van der Waals surface area contributed by atoms with E-state index in [0.29, 0.717) is 11.3 Å². The van der Waals surface area contributed by atoms with Crippen molar-refractivity contribution >= 4 is 55.8 Å². The van der Waals surface area contributed by atoms with Gasteiger partial charge in [0, 0.05) is 5.56 Å². The molecule has 0 unspecified atom stereocenters. The van der Waals surface area contributed by atoms with E-state index in [0.717, 1.165) is 48.7 Å². The van der Waals surface area contributed by atoms with Crippen molar-refractivity contribution in [3.63, 3.8) is 0 Å². The van der Waals surface area contributed by atoms with Gasteiger partial charge in [0.15, 0.2) is 6.29 Å². The molecule has 0 aliphatic heterocycles. The van der Waals surface area contributed by atoms with Crippen molar-refractivity contribution in [1.29, 1.82) is 0 Å². The molecule has 0 atom stereocenters. The zero-order chi connectivity index (χ0) is 42.6. The zero-order valence-corrected chi connectivity index (χ0v) is 43.0. The molecule has 0 saturated carbocycles. The molecule has 2 aromatic carbocycles. The summed E-state index contributed by atoms with van der Waals surface area (Å²) in [5.74, 6) is 0.564. The Balaban J connectivity index is 0.000000906. The van der Waals surface area contributed by atoms with Crippen LogP contribution >= 0.6 is 35.7 Å². The number of carbonyl (C=O) groups excluding carboxylic acids is 1. The first-order valence-electron chi connectivity index (χ1n) is 18.9. The fourth-order valence-corrected chi connectivity index (χ4v) is 8.85. The van der Waals surface area contributed by atoms with E-state index in [1.165, 1.54) is 5.56 Å². The second kappa shape index (κ2) is 18.5. The third-order valence-electron chi connectivity index (χ3n) is 9.17. The van der Waals surface area contributed by atoms with Crippen LogP contribution in [0, 0.1) is 21.7 Å². The molecule has 0 amide bonds. The van der Waals surface area contributed by atoms with Gasteiger partial charge in [0.2, 0.25) is 0 Å². The summed E-state index contributed by atoms with van der Waals surface area (Å²) in [5.41, 5.74) is 5.39. The standard InChI is InChI=1S/C23H38O2.C22H38O.4ClH.Sn/c1-20(2,3)14-22(7,8)17-11-16(13-24)19(25)18(12-17)23(9,10)15-21(4,5)6;1-19(2,3)14-21(7,8)16-11-12-18(23)17(13-16)22(9,10)15-20(4,5)6;;;;;/h11-13,25H,14-15H2,1-10H3;11-13,23H,14-15H2,1-10H3;4*1H;/q;;;;;;+4/p-4. The van der Waals surface area contributed by atoms with Crippen molar-refractivity contribution in [2.45, 2.75) is 186 Å². The van der Waals surface area contributed by atoms with E-state index in [4.69, 9.17) is 35.7 Å². The number of hydrogen-bond acceptors (Lipinski definition) is 3. The topological polar surface area (TPSA) is 57.5 Å². The Morgan fingerprint density at radius 3 is 1.13 bits per heavy atom. The summed E-state index contributed by atoms with van der Waals surface area (Å²) >= 11 is -3.29. The van der Waals surface area contributed by atoms with Gasteiger partial charge in [0.05, 0.1) is 5.56 Å². The number of carbonyl (C=O) groups is 1. The number of hydrogen-bond donors (Lipinski definition) is 2. The maximum absolute atomic E-state index is 11.6. The molecule has 2 N–H and O–H groups in total. The molecule has 0 radical (unpaired) electrons. The van der Waals surface area contributed by atoms with E-state index in [1.807, 2.05) is 12.1 Å². The Hall–Kier alpha value is -0.331. The minimum atomic E-state index is -3.29. The van der Waals surface area contributed by atoms with Crippen molar-refractivity contribution in [3.8, 4) is 11.5 Å². The van der Waals surface area contributed by atoms with E-state index in [2.05, 4.69) is 157 Å². The summed E-state index contributed by atoms with van der Waals surface area (Å²) < 4.78 is 0. The van der Waals surface area contributed by atoms with Crippen LogP contribution in [0.25, 0.3) is 0 Å². The normalized spacial score (nSPS) is 13.8. The molecule has 0 aliphatic rings. The van der Waals surface area contributed by atoms with E-state index in [9.17, 15) is 15.0 Å². The molecule has 0 aromatic heterocycles. The first kappa shape index (κ1) is 52.7.